The number of rotatable bonds is 5. The second-order valence-corrected chi connectivity index (χ2v) is 7.71. The quantitative estimate of drug-likeness (QED) is 0.643. The lowest BCUT2D eigenvalue weighted by molar-refractivity contribution is -0.132. The minimum Gasteiger partial charge on any atom is -0.340 e. The number of aryl methyl sites for hydroxylation is 1. The number of halogens is 1. The van der Waals surface area contributed by atoms with E-state index in [2.05, 4.69) is 15.0 Å². The zero-order valence-electron chi connectivity index (χ0n) is 16.3. The van der Waals surface area contributed by atoms with Crippen LogP contribution in [-0.2, 0) is 17.8 Å². The van der Waals surface area contributed by atoms with Gasteiger partial charge in [0.05, 0.1) is 13.0 Å². The van der Waals surface area contributed by atoms with Crippen molar-refractivity contribution in [2.75, 3.05) is 26.2 Å². The van der Waals surface area contributed by atoms with Crippen molar-refractivity contribution in [1.29, 1.82) is 0 Å². The minimum atomic E-state index is 0.109. The van der Waals surface area contributed by atoms with Crippen molar-refractivity contribution in [3.05, 3.63) is 70.6 Å². The summed E-state index contributed by atoms with van der Waals surface area (Å²) in [5, 5.41) is 4.73. The highest BCUT2D eigenvalue weighted by molar-refractivity contribution is 6.31. The molecule has 1 aromatic heterocycles. The molecular formula is C22H23ClN4O2. The van der Waals surface area contributed by atoms with Gasteiger partial charge in [-0.1, -0.05) is 64.8 Å². The van der Waals surface area contributed by atoms with E-state index in [9.17, 15) is 4.79 Å². The Kier molecular flexibility index (Phi) is 5.92. The number of piperazine rings is 1. The lowest BCUT2D eigenvalue weighted by Crippen LogP contribution is -2.48. The first kappa shape index (κ1) is 19.6. The summed E-state index contributed by atoms with van der Waals surface area (Å²) in [6, 6.07) is 15.5. The molecule has 0 N–H and O–H groups in total. The van der Waals surface area contributed by atoms with Crippen molar-refractivity contribution >= 4 is 17.5 Å². The van der Waals surface area contributed by atoms with Crippen LogP contribution in [0.25, 0.3) is 11.4 Å². The molecule has 0 saturated carbocycles. The fourth-order valence-electron chi connectivity index (χ4n) is 3.40. The van der Waals surface area contributed by atoms with Crippen molar-refractivity contribution in [3.63, 3.8) is 0 Å². The van der Waals surface area contributed by atoms with E-state index in [1.54, 1.807) is 0 Å². The van der Waals surface area contributed by atoms with Gasteiger partial charge in [-0.15, -0.1) is 0 Å². The van der Waals surface area contributed by atoms with Gasteiger partial charge in [0, 0.05) is 36.8 Å². The Labute approximate surface area is 175 Å². The lowest BCUT2D eigenvalue weighted by atomic mass is 10.1. The van der Waals surface area contributed by atoms with Gasteiger partial charge in [-0.05, 0) is 18.6 Å². The molecule has 7 heteroatoms. The normalized spacial score (nSPS) is 14.9. The molecule has 4 rings (SSSR count). The van der Waals surface area contributed by atoms with Gasteiger partial charge in [0.15, 0.2) is 0 Å². The highest BCUT2D eigenvalue weighted by Gasteiger charge is 2.23. The van der Waals surface area contributed by atoms with Gasteiger partial charge in [-0.25, -0.2) is 0 Å². The predicted molar refractivity (Wildman–Crippen MR) is 111 cm³/mol. The molecule has 1 amide bonds. The highest BCUT2D eigenvalue weighted by atomic mass is 35.5. The number of carbonyl (C=O) groups excluding carboxylic acids is 1. The van der Waals surface area contributed by atoms with E-state index in [0.717, 1.165) is 24.2 Å². The van der Waals surface area contributed by atoms with Gasteiger partial charge in [-0.3, -0.25) is 9.69 Å². The Balaban J connectivity index is 1.29. The fraction of sp³-hybridized carbons (Fsp3) is 0.318. The predicted octanol–water partition coefficient (Wildman–Crippen LogP) is 3.59. The van der Waals surface area contributed by atoms with Crippen LogP contribution < -0.4 is 0 Å². The number of nitrogens with zero attached hydrogens (tertiary/aromatic N) is 4. The molecule has 0 radical (unpaired) electrons. The topological polar surface area (TPSA) is 62.5 Å². The molecule has 0 aliphatic carbocycles. The summed E-state index contributed by atoms with van der Waals surface area (Å²) in [7, 11) is 0. The third-order valence-electron chi connectivity index (χ3n) is 5.16. The largest absolute Gasteiger partial charge is 0.340 e. The Morgan fingerprint density at radius 1 is 1.07 bits per heavy atom. The maximum atomic E-state index is 12.6. The van der Waals surface area contributed by atoms with Crippen LogP contribution in [0.2, 0.25) is 5.02 Å². The molecule has 1 fully saturated rings. The van der Waals surface area contributed by atoms with Gasteiger partial charge in [0.2, 0.25) is 17.6 Å². The Morgan fingerprint density at radius 2 is 1.79 bits per heavy atom. The highest BCUT2D eigenvalue weighted by Crippen LogP contribution is 2.19. The van der Waals surface area contributed by atoms with Crippen LogP contribution in [0.3, 0.4) is 0 Å². The summed E-state index contributed by atoms with van der Waals surface area (Å²) in [5.41, 5.74) is 3.01. The van der Waals surface area contributed by atoms with Crippen LogP contribution in [0.1, 0.15) is 17.0 Å². The fourth-order valence-corrected chi connectivity index (χ4v) is 3.60. The molecule has 1 saturated heterocycles. The number of carbonyl (C=O) groups is 1. The summed E-state index contributed by atoms with van der Waals surface area (Å²) < 4.78 is 5.42. The molecule has 1 aliphatic rings. The van der Waals surface area contributed by atoms with Gasteiger partial charge in [-0.2, -0.15) is 4.98 Å². The van der Waals surface area contributed by atoms with E-state index in [0.29, 0.717) is 42.8 Å². The molecule has 0 spiro atoms. The third-order valence-corrected chi connectivity index (χ3v) is 5.53. The average Bonchev–Trinajstić information content (AvgIpc) is 3.19. The van der Waals surface area contributed by atoms with Crippen LogP contribution in [0, 0.1) is 6.92 Å². The molecule has 0 atom stereocenters. The third kappa shape index (κ3) is 4.83. The van der Waals surface area contributed by atoms with Crippen molar-refractivity contribution in [1.82, 2.24) is 19.9 Å². The maximum Gasteiger partial charge on any atom is 0.241 e. The molecule has 1 aliphatic heterocycles. The Bertz CT molecular complexity index is 978. The Morgan fingerprint density at radius 3 is 2.52 bits per heavy atom. The zero-order valence-corrected chi connectivity index (χ0v) is 17.1. The van der Waals surface area contributed by atoms with Crippen molar-refractivity contribution in [2.24, 2.45) is 0 Å². The van der Waals surface area contributed by atoms with Crippen LogP contribution in [0.4, 0.5) is 0 Å². The van der Waals surface area contributed by atoms with E-state index in [1.807, 2.05) is 60.4 Å². The first-order chi connectivity index (χ1) is 14.1. The smallest absolute Gasteiger partial charge is 0.241 e. The van der Waals surface area contributed by atoms with E-state index in [-0.39, 0.29) is 5.91 Å². The van der Waals surface area contributed by atoms with Gasteiger partial charge < -0.3 is 9.42 Å². The van der Waals surface area contributed by atoms with Crippen molar-refractivity contribution < 1.29 is 9.32 Å². The molecule has 29 heavy (non-hydrogen) atoms. The lowest BCUT2D eigenvalue weighted by Gasteiger charge is -2.34. The SMILES string of the molecule is Cc1ccc(-c2noc(CN3CCN(C(=O)Cc4ccccc4Cl)CC3)n2)cc1. The van der Waals surface area contributed by atoms with E-state index in [4.69, 9.17) is 16.1 Å². The number of aromatic nitrogens is 2. The van der Waals surface area contributed by atoms with Crippen LogP contribution in [0.15, 0.2) is 53.1 Å². The Hall–Kier alpha value is -2.70. The van der Waals surface area contributed by atoms with Crippen LogP contribution >= 0.6 is 11.6 Å². The van der Waals surface area contributed by atoms with Gasteiger partial charge in [0.1, 0.15) is 0 Å². The summed E-state index contributed by atoms with van der Waals surface area (Å²) in [4.78, 5) is 21.2. The first-order valence-corrected chi connectivity index (χ1v) is 10.1. The van der Waals surface area contributed by atoms with Crippen molar-refractivity contribution in [2.45, 2.75) is 19.9 Å². The molecule has 150 valence electrons. The average molecular weight is 411 g/mol. The molecule has 2 heterocycles. The summed E-state index contributed by atoms with van der Waals surface area (Å²) in [6.45, 7) is 5.55. The minimum absolute atomic E-state index is 0.109. The van der Waals surface area contributed by atoms with E-state index < -0.39 is 0 Å². The monoisotopic (exact) mass is 410 g/mol. The molecule has 6 nitrogen and oxygen atoms in total. The summed E-state index contributed by atoms with van der Waals surface area (Å²) in [5.74, 6) is 1.31. The number of hydrogen-bond donors (Lipinski definition) is 0. The zero-order chi connectivity index (χ0) is 20.2. The number of hydrogen-bond acceptors (Lipinski definition) is 5. The van der Waals surface area contributed by atoms with Gasteiger partial charge >= 0.3 is 0 Å². The second kappa shape index (κ2) is 8.76. The maximum absolute atomic E-state index is 12.6. The first-order valence-electron chi connectivity index (χ1n) is 9.71. The van der Waals surface area contributed by atoms with E-state index >= 15 is 0 Å². The molecular weight excluding hydrogens is 388 g/mol. The molecule has 0 unspecified atom stereocenters. The standard InChI is InChI=1S/C22H23ClN4O2/c1-16-6-8-17(9-7-16)22-24-20(29-25-22)15-26-10-12-27(13-11-26)21(28)14-18-4-2-3-5-19(18)23/h2-9H,10-15H2,1H3. The molecule has 0 bridgehead atoms. The summed E-state index contributed by atoms with van der Waals surface area (Å²) >= 11 is 6.17. The number of benzene rings is 2. The van der Waals surface area contributed by atoms with Crippen molar-refractivity contribution in [3.8, 4) is 11.4 Å². The number of amides is 1. The van der Waals surface area contributed by atoms with Gasteiger partial charge in [0.25, 0.3) is 0 Å². The second-order valence-electron chi connectivity index (χ2n) is 7.30. The van der Waals surface area contributed by atoms with E-state index in [1.165, 1.54) is 5.56 Å². The summed E-state index contributed by atoms with van der Waals surface area (Å²) in [6.07, 6.45) is 0.337. The molecule has 3 aromatic rings. The van der Waals surface area contributed by atoms with Crippen LogP contribution in [-0.4, -0.2) is 52.0 Å². The van der Waals surface area contributed by atoms with Crippen LogP contribution in [0.5, 0.6) is 0 Å². The molecule has 2 aromatic carbocycles.